The third kappa shape index (κ3) is 4.63. The molecule has 0 unspecified atom stereocenters. The average molecular weight is 769 g/mol. The normalized spacial score (nSPS) is 13.4. The van der Waals surface area contributed by atoms with Gasteiger partial charge in [-0.3, -0.25) is 0 Å². The number of benzene rings is 9. The molecule has 0 saturated carbocycles. The first kappa shape index (κ1) is 32.7. The smallest absolute Gasteiger partial charge is 0.160 e. The molecule has 1 aliphatic heterocycles. The molecule has 0 atom stereocenters. The Hall–Kier alpha value is -7.40. The van der Waals surface area contributed by atoms with Crippen LogP contribution >= 0.6 is 11.3 Å². The van der Waals surface area contributed by atoms with E-state index in [0.717, 1.165) is 55.0 Å². The van der Waals surface area contributed by atoms with Crippen LogP contribution in [-0.4, -0.2) is 9.97 Å². The number of fused-ring (bicyclic) bond motifs is 14. The molecule has 9 aromatic carbocycles. The van der Waals surface area contributed by atoms with Gasteiger partial charge in [-0.25, -0.2) is 9.97 Å². The van der Waals surface area contributed by atoms with Crippen molar-refractivity contribution in [2.75, 3.05) is 0 Å². The number of ether oxygens (including phenoxy) is 1. The van der Waals surface area contributed by atoms with E-state index in [-0.39, 0.29) is 0 Å². The Morgan fingerprint density at radius 2 is 1.02 bits per heavy atom. The van der Waals surface area contributed by atoms with Crippen molar-refractivity contribution < 1.29 is 4.74 Å². The van der Waals surface area contributed by atoms with E-state index < -0.39 is 5.41 Å². The predicted molar refractivity (Wildman–Crippen MR) is 244 cm³/mol. The number of rotatable bonds is 3. The summed E-state index contributed by atoms with van der Waals surface area (Å²) >= 11 is 1.77. The first-order valence-electron chi connectivity index (χ1n) is 20.1. The van der Waals surface area contributed by atoms with Gasteiger partial charge in [0.2, 0.25) is 0 Å². The van der Waals surface area contributed by atoms with E-state index in [2.05, 4.69) is 194 Å². The third-order valence-electron chi connectivity index (χ3n) is 12.5. The first-order valence-corrected chi connectivity index (χ1v) is 20.9. The van der Waals surface area contributed by atoms with Gasteiger partial charge in [0.1, 0.15) is 11.5 Å². The van der Waals surface area contributed by atoms with Crippen molar-refractivity contribution in [1.82, 2.24) is 9.97 Å². The topological polar surface area (TPSA) is 35.0 Å². The lowest BCUT2D eigenvalue weighted by Crippen LogP contribution is -2.32. The zero-order chi connectivity index (χ0) is 38.7. The Bertz CT molecular complexity index is 3500. The maximum atomic E-state index is 6.69. The minimum atomic E-state index is -0.608. The number of thiophene rings is 1. The summed E-state index contributed by atoms with van der Waals surface area (Å²) < 4.78 is 8.98. The fraction of sp³-hybridized carbons (Fsp3) is 0.0182. The van der Waals surface area contributed by atoms with Crippen LogP contribution in [0.15, 0.2) is 194 Å². The quantitative estimate of drug-likeness (QED) is 0.180. The molecule has 0 fully saturated rings. The zero-order valence-corrected chi connectivity index (χ0v) is 32.5. The van der Waals surface area contributed by atoms with Crippen LogP contribution in [0.2, 0.25) is 0 Å². The average Bonchev–Trinajstić information content (AvgIpc) is 3.81. The van der Waals surface area contributed by atoms with Crippen molar-refractivity contribution >= 4 is 53.2 Å². The Morgan fingerprint density at radius 3 is 1.81 bits per heavy atom. The summed E-state index contributed by atoms with van der Waals surface area (Å²) in [5.41, 5.74) is 13.0. The molecule has 2 aliphatic rings. The molecular formula is C55H32N2OS. The second kappa shape index (κ2) is 12.3. The molecule has 3 heterocycles. The molecule has 13 rings (SSSR count). The number of aromatic nitrogens is 2. The van der Waals surface area contributed by atoms with Crippen molar-refractivity contribution in [1.29, 1.82) is 0 Å². The van der Waals surface area contributed by atoms with E-state index in [1.807, 2.05) is 0 Å². The molecule has 4 heteroatoms. The summed E-state index contributed by atoms with van der Waals surface area (Å²) in [4.78, 5) is 10.8. The minimum Gasteiger partial charge on any atom is -0.457 e. The van der Waals surface area contributed by atoms with Gasteiger partial charge >= 0.3 is 0 Å². The first-order chi connectivity index (χ1) is 29.2. The lowest BCUT2D eigenvalue weighted by Gasteiger charge is -2.39. The van der Waals surface area contributed by atoms with E-state index in [4.69, 9.17) is 14.7 Å². The lowest BCUT2D eigenvalue weighted by atomic mass is 9.65. The molecule has 59 heavy (non-hydrogen) atoms. The summed E-state index contributed by atoms with van der Waals surface area (Å²) in [6.07, 6.45) is 0. The van der Waals surface area contributed by atoms with Crippen molar-refractivity contribution in [2.24, 2.45) is 0 Å². The van der Waals surface area contributed by atoms with E-state index in [0.29, 0.717) is 5.82 Å². The SMILES string of the molecule is c1ccc2c(c1)Oc1ccccc1C21c2cc(-c3nc(-c4ccc(-c5cccc6ccccc56)cc4)nc4c3sc3ccccc34)ccc2-c2cc3ccccc3cc21. The lowest BCUT2D eigenvalue weighted by molar-refractivity contribution is 0.436. The van der Waals surface area contributed by atoms with Gasteiger partial charge in [0.15, 0.2) is 5.82 Å². The molecule has 2 aromatic heterocycles. The number of hydrogen-bond acceptors (Lipinski definition) is 4. The number of nitrogens with zero attached hydrogens (tertiary/aromatic N) is 2. The predicted octanol–water partition coefficient (Wildman–Crippen LogP) is 14.6. The molecule has 11 aromatic rings. The largest absolute Gasteiger partial charge is 0.457 e. The summed E-state index contributed by atoms with van der Waals surface area (Å²) in [6, 6.07) is 70.1. The highest BCUT2D eigenvalue weighted by Gasteiger charge is 2.51. The molecular weight excluding hydrogens is 737 g/mol. The maximum absolute atomic E-state index is 6.69. The van der Waals surface area contributed by atoms with Gasteiger partial charge in [-0.15, -0.1) is 11.3 Å². The van der Waals surface area contributed by atoms with Gasteiger partial charge in [-0.2, -0.15) is 0 Å². The molecule has 0 amide bonds. The van der Waals surface area contributed by atoms with Crippen molar-refractivity contribution in [3.63, 3.8) is 0 Å². The van der Waals surface area contributed by atoms with Crippen LogP contribution in [0.4, 0.5) is 0 Å². The maximum Gasteiger partial charge on any atom is 0.160 e. The third-order valence-corrected chi connectivity index (χ3v) is 13.7. The van der Waals surface area contributed by atoms with Crippen LogP contribution in [0.1, 0.15) is 22.3 Å². The molecule has 1 spiro atoms. The second-order valence-electron chi connectivity index (χ2n) is 15.6. The van der Waals surface area contributed by atoms with Gasteiger partial charge < -0.3 is 4.74 Å². The number of hydrogen-bond donors (Lipinski definition) is 0. The molecule has 0 N–H and O–H groups in total. The van der Waals surface area contributed by atoms with Crippen molar-refractivity contribution in [3.05, 3.63) is 216 Å². The standard InChI is InChI=1S/C55H32N2OS/c1-2-14-37-31-47-43(30-36(37)13-1)41-29-28-38(32-46(41)55(47)44-19-6-8-21-48(44)58-49-22-9-7-20-45(49)55)51-53-52(42-17-5-10-23-50(42)59-53)57-54(56-51)35-26-24-34(25-27-35)40-18-11-15-33-12-3-4-16-39(33)40/h1-32H. The molecule has 274 valence electrons. The fourth-order valence-corrected chi connectivity index (χ4v) is 11.1. The van der Waals surface area contributed by atoms with Gasteiger partial charge in [-0.1, -0.05) is 158 Å². The van der Waals surface area contributed by atoms with Gasteiger partial charge in [-0.05, 0) is 91.3 Å². The van der Waals surface area contributed by atoms with E-state index in [9.17, 15) is 0 Å². The van der Waals surface area contributed by atoms with E-state index in [1.165, 1.54) is 59.6 Å². The summed E-state index contributed by atoms with van der Waals surface area (Å²) in [7, 11) is 0. The minimum absolute atomic E-state index is 0.608. The van der Waals surface area contributed by atoms with Gasteiger partial charge in [0, 0.05) is 32.3 Å². The van der Waals surface area contributed by atoms with Crippen molar-refractivity contribution in [2.45, 2.75) is 5.41 Å². The fourth-order valence-electron chi connectivity index (χ4n) is 9.92. The molecule has 0 radical (unpaired) electrons. The zero-order valence-electron chi connectivity index (χ0n) is 31.7. The van der Waals surface area contributed by atoms with E-state index in [1.54, 1.807) is 11.3 Å². The number of para-hydroxylation sites is 2. The highest BCUT2D eigenvalue weighted by atomic mass is 32.1. The second-order valence-corrected chi connectivity index (χ2v) is 16.7. The Labute approximate surface area is 344 Å². The highest BCUT2D eigenvalue weighted by molar-refractivity contribution is 7.26. The van der Waals surface area contributed by atoms with Crippen LogP contribution in [-0.2, 0) is 5.41 Å². The van der Waals surface area contributed by atoms with Gasteiger partial charge in [0.25, 0.3) is 0 Å². The summed E-state index contributed by atoms with van der Waals surface area (Å²) in [5.74, 6) is 2.48. The molecule has 0 bridgehead atoms. The summed E-state index contributed by atoms with van der Waals surface area (Å²) in [6.45, 7) is 0. The summed E-state index contributed by atoms with van der Waals surface area (Å²) in [5, 5.41) is 6.07. The Balaban J connectivity index is 1.06. The van der Waals surface area contributed by atoms with Gasteiger partial charge in [0.05, 0.1) is 21.3 Å². The van der Waals surface area contributed by atoms with Crippen LogP contribution in [0.5, 0.6) is 11.5 Å². The highest BCUT2D eigenvalue weighted by Crippen LogP contribution is 2.63. The van der Waals surface area contributed by atoms with Crippen LogP contribution in [0.3, 0.4) is 0 Å². The Morgan fingerprint density at radius 1 is 0.407 bits per heavy atom. The molecule has 1 aliphatic carbocycles. The van der Waals surface area contributed by atoms with E-state index >= 15 is 0 Å². The van der Waals surface area contributed by atoms with Crippen molar-refractivity contribution in [3.8, 4) is 56.4 Å². The van der Waals surface area contributed by atoms with Crippen LogP contribution in [0, 0.1) is 0 Å². The molecule has 0 saturated heterocycles. The van der Waals surface area contributed by atoms with Crippen LogP contribution in [0.25, 0.3) is 86.7 Å². The molecule has 3 nitrogen and oxygen atoms in total. The monoisotopic (exact) mass is 768 g/mol. The van der Waals surface area contributed by atoms with Crippen LogP contribution < -0.4 is 4.74 Å². The Kier molecular flexibility index (Phi) is 6.81.